The van der Waals surface area contributed by atoms with E-state index in [0.29, 0.717) is 18.0 Å². The number of nitrogens with zero attached hydrogens (tertiary/aromatic N) is 1. The SMILES string of the molecule is COc1cc(OC)c(S(=O)(=O)N(C)CCSC)cc1N. The van der Waals surface area contributed by atoms with Gasteiger partial charge in [0, 0.05) is 25.4 Å². The number of anilines is 1. The van der Waals surface area contributed by atoms with E-state index in [4.69, 9.17) is 15.2 Å². The maximum atomic E-state index is 12.5. The molecule has 0 saturated carbocycles. The molecule has 0 spiro atoms. The molecule has 0 bridgehead atoms. The lowest BCUT2D eigenvalue weighted by Gasteiger charge is -2.19. The van der Waals surface area contributed by atoms with E-state index in [2.05, 4.69) is 0 Å². The van der Waals surface area contributed by atoms with Crippen LogP contribution in [0.3, 0.4) is 0 Å². The Balaban J connectivity index is 3.27. The van der Waals surface area contributed by atoms with Crippen molar-refractivity contribution < 1.29 is 17.9 Å². The molecule has 0 atom stereocenters. The number of rotatable bonds is 7. The maximum Gasteiger partial charge on any atom is 0.246 e. The van der Waals surface area contributed by atoms with Gasteiger partial charge in [-0.2, -0.15) is 16.1 Å². The molecule has 6 nitrogen and oxygen atoms in total. The zero-order valence-electron chi connectivity index (χ0n) is 12.0. The lowest BCUT2D eigenvalue weighted by Crippen LogP contribution is -2.29. The Kier molecular flexibility index (Phi) is 5.97. The highest BCUT2D eigenvalue weighted by Crippen LogP contribution is 2.34. The minimum Gasteiger partial charge on any atom is -0.495 e. The molecule has 0 aliphatic heterocycles. The van der Waals surface area contributed by atoms with Crippen LogP contribution >= 0.6 is 11.8 Å². The van der Waals surface area contributed by atoms with Crippen LogP contribution in [0.15, 0.2) is 17.0 Å². The zero-order valence-corrected chi connectivity index (χ0v) is 13.7. The fourth-order valence-corrected chi connectivity index (χ4v) is 3.51. The molecule has 8 heteroatoms. The highest BCUT2D eigenvalue weighted by molar-refractivity contribution is 7.98. The van der Waals surface area contributed by atoms with Crippen molar-refractivity contribution in [1.82, 2.24) is 4.31 Å². The molecule has 1 rings (SSSR count). The number of hydrogen-bond donors (Lipinski definition) is 1. The van der Waals surface area contributed by atoms with Crippen LogP contribution in [0.1, 0.15) is 0 Å². The van der Waals surface area contributed by atoms with Crippen LogP contribution in [0.25, 0.3) is 0 Å². The van der Waals surface area contributed by atoms with Gasteiger partial charge in [-0.1, -0.05) is 0 Å². The summed E-state index contributed by atoms with van der Waals surface area (Å²) in [4.78, 5) is 0.0434. The summed E-state index contributed by atoms with van der Waals surface area (Å²) >= 11 is 1.58. The van der Waals surface area contributed by atoms with Crippen LogP contribution < -0.4 is 15.2 Å². The van der Waals surface area contributed by atoms with Gasteiger partial charge in [-0.15, -0.1) is 0 Å². The highest BCUT2D eigenvalue weighted by Gasteiger charge is 2.26. The number of methoxy groups -OCH3 is 2. The van der Waals surface area contributed by atoms with E-state index >= 15 is 0 Å². The van der Waals surface area contributed by atoms with Crippen molar-refractivity contribution in [1.29, 1.82) is 0 Å². The third kappa shape index (κ3) is 3.50. The smallest absolute Gasteiger partial charge is 0.246 e. The first kappa shape index (κ1) is 16.9. The molecule has 1 aromatic rings. The Labute approximate surface area is 124 Å². The molecule has 0 aliphatic carbocycles. The van der Waals surface area contributed by atoms with Gasteiger partial charge in [-0.3, -0.25) is 0 Å². The average Bonchev–Trinajstić information content (AvgIpc) is 2.44. The monoisotopic (exact) mass is 320 g/mol. The van der Waals surface area contributed by atoms with Gasteiger partial charge in [0.15, 0.2) is 0 Å². The number of nitrogen functional groups attached to an aromatic ring is 1. The van der Waals surface area contributed by atoms with Crippen molar-refractivity contribution in [3.8, 4) is 11.5 Å². The van der Waals surface area contributed by atoms with E-state index in [1.807, 2.05) is 6.26 Å². The van der Waals surface area contributed by atoms with E-state index < -0.39 is 10.0 Å². The first-order valence-electron chi connectivity index (χ1n) is 5.85. The molecule has 1 aromatic carbocycles. The second-order valence-corrected chi connectivity index (χ2v) is 7.06. The Morgan fingerprint density at radius 1 is 1.25 bits per heavy atom. The predicted octanol–water partition coefficient (Wildman–Crippen LogP) is 1.27. The molecule has 0 amide bonds. The second-order valence-electron chi connectivity index (χ2n) is 4.06. The van der Waals surface area contributed by atoms with Crippen LogP contribution in [0, 0.1) is 0 Å². The summed E-state index contributed by atoms with van der Waals surface area (Å²) in [6, 6.07) is 2.84. The summed E-state index contributed by atoms with van der Waals surface area (Å²) in [6.45, 7) is 0.415. The normalized spacial score (nSPS) is 11.7. The Bertz CT molecular complexity index is 561. The van der Waals surface area contributed by atoms with Crippen LogP contribution in [-0.4, -0.2) is 52.5 Å². The van der Waals surface area contributed by atoms with E-state index in [9.17, 15) is 8.42 Å². The van der Waals surface area contributed by atoms with Gasteiger partial charge in [0.2, 0.25) is 10.0 Å². The Hall–Kier alpha value is -1.12. The van der Waals surface area contributed by atoms with Gasteiger partial charge in [0.25, 0.3) is 0 Å². The van der Waals surface area contributed by atoms with Crippen LogP contribution in [0.5, 0.6) is 11.5 Å². The minimum atomic E-state index is -3.64. The van der Waals surface area contributed by atoms with Crippen molar-refractivity contribution in [2.75, 3.05) is 45.6 Å². The van der Waals surface area contributed by atoms with Crippen molar-refractivity contribution in [3.63, 3.8) is 0 Å². The lowest BCUT2D eigenvalue weighted by atomic mass is 10.3. The third-order valence-corrected chi connectivity index (χ3v) is 5.28. The minimum absolute atomic E-state index is 0.0434. The topological polar surface area (TPSA) is 81.9 Å². The molecule has 114 valence electrons. The molecule has 0 radical (unpaired) electrons. The number of hydrogen-bond acceptors (Lipinski definition) is 6. The number of sulfonamides is 1. The average molecular weight is 320 g/mol. The molecule has 2 N–H and O–H groups in total. The quantitative estimate of drug-likeness (QED) is 0.762. The van der Waals surface area contributed by atoms with Gasteiger partial charge in [-0.05, 0) is 12.3 Å². The van der Waals surface area contributed by atoms with Crippen LogP contribution in [-0.2, 0) is 10.0 Å². The van der Waals surface area contributed by atoms with Crippen molar-refractivity contribution in [3.05, 3.63) is 12.1 Å². The summed E-state index contributed by atoms with van der Waals surface area (Å²) < 4.78 is 36.5. The van der Waals surface area contributed by atoms with Crippen molar-refractivity contribution in [2.24, 2.45) is 0 Å². The van der Waals surface area contributed by atoms with Crippen LogP contribution in [0.2, 0.25) is 0 Å². The first-order chi connectivity index (χ1) is 9.38. The molecular weight excluding hydrogens is 300 g/mol. The molecular formula is C12H20N2O4S2. The summed E-state index contributed by atoms with van der Waals surface area (Å²) in [6.07, 6.45) is 1.92. The van der Waals surface area contributed by atoms with Crippen molar-refractivity contribution >= 4 is 27.5 Å². The first-order valence-corrected chi connectivity index (χ1v) is 8.68. The van der Waals surface area contributed by atoms with E-state index in [-0.39, 0.29) is 16.3 Å². The van der Waals surface area contributed by atoms with Gasteiger partial charge in [0.1, 0.15) is 16.4 Å². The standard InChI is InChI=1S/C12H20N2O4S2/c1-14(5-6-19-4)20(15,16)12-7-9(13)10(17-2)8-11(12)18-3/h7-8H,5-6,13H2,1-4H3. The van der Waals surface area contributed by atoms with Gasteiger partial charge < -0.3 is 15.2 Å². The van der Waals surface area contributed by atoms with Gasteiger partial charge in [0.05, 0.1) is 19.9 Å². The van der Waals surface area contributed by atoms with Crippen molar-refractivity contribution in [2.45, 2.75) is 4.90 Å². The van der Waals surface area contributed by atoms with Crippen LogP contribution in [0.4, 0.5) is 5.69 Å². The van der Waals surface area contributed by atoms with E-state index in [1.165, 1.54) is 37.7 Å². The number of nitrogens with two attached hydrogens (primary N) is 1. The lowest BCUT2D eigenvalue weighted by molar-refractivity contribution is 0.385. The fourth-order valence-electron chi connectivity index (χ4n) is 1.60. The number of ether oxygens (including phenoxy) is 2. The van der Waals surface area contributed by atoms with Gasteiger partial charge in [-0.25, -0.2) is 8.42 Å². The summed E-state index contributed by atoms with van der Waals surface area (Å²) in [5.74, 6) is 1.31. The number of benzene rings is 1. The maximum absolute atomic E-state index is 12.5. The summed E-state index contributed by atoms with van der Waals surface area (Å²) in [5.41, 5.74) is 6.04. The highest BCUT2D eigenvalue weighted by atomic mass is 32.2. The third-order valence-electron chi connectivity index (χ3n) is 2.81. The summed E-state index contributed by atoms with van der Waals surface area (Å²) in [7, 11) is 0.762. The van der Waals surface area contributed by atoms with E-state index in [1.54, 1.807) is 11.8 Å². The largest absolute Gasteiger partial charge is 0.495 e. The molecule has 0 unspecified atom stereocenters. The Morgan fingerprint density at radius 3 is 2.35 bits per heavy atom. The van der Waals surface area contributed by atoms with E-state index in [0.717, 1.165) is 0 Å². The van der Waals surface area contributed by atoms with Gasteiger partial charge >= 0.3 is 0 Å². The molecule has 0 fully saturated rings. The molecule has 0 aromatic heterocycles. The predicted molar refractivity (Wildman–Crippen MR) is 82.2 cm³/mol. The molecule has 0 heterocycles. The molecule has 0 aliphatic rings. The molecule has 20 heavy (non-hydrogen) atoms. The number of thioether (sulfide) groups is 1. The second kappa shape index (κ2) is 7.05. The Morgan fingerprint density at radius 2 is 1.85 bits per heavy atom. The zero-order chi connectivity index (χ0) is 15.3. The summed E-state index contributed by atoms with van der Waals surface area (Å²) in [5, 5.41) is 0. The fraction of sp³-hybridized carbons (Fsp3) is 0.500. The molecule has 0 saturated heterocycles.